The van der Waals surface area contributed by atoms with E-state index in [2.05, 4.69) is 4.74 Å². The van der Waals surface area contributed by atoms with Gasteiger partial charge in [0.2, 0.25) is 5.75 Å². The molecular weight excluding hydrogens is 264 g/mol. The van der Waals surface area contributed by atoms with Gasteiger partial charge in [-0.2, -0.15) is 0 Å². The third-order valence-electron chi connectivity index (χ3n) is 2.23. The molecule has 0 radical (unpaired) electrons. The van der Waals surface area contributed by atoms with Crippen LogP contribution in [0.3, 0.4) is 0 Å². The lowest BCUT2D eigenvalue weighted by Gasteiger charge is -2.11. The van der Waals surface area contributed by atoms with Crippen molar-refractivity contribution in [1.82, 2.24) is 0 Å². The van der Waals surface area contributed by atoms with E-state index in [4.69, 9.17) is 14.2 Å². The van der Waals surface area contributed by atoms with Gasteiger partial charge < -0.3 is 18.9 Å². The van der Waals surface area contributed by atoms with Crippen molar-refractivity contribution in [2.24, 2.45) is 0 Å². The molecule has 0 amide bonds. The van der Waals surface area contributed by atoms with E-state index in [1.54, 1.807) is 25.1 Å². The Morgan fingerprint density at radius 3 is 2.10 bits per heavy atom. The van der Waals surface area contributed by atoms with E-state index in [-0.39, 0.29) is 12.4 Å². The standard InChI is InChI=1S/C14H16O6/c1-4-19-12(15)8-9-13(16)20-14-10(17-2)6-5-7-11(14)18-3/h5-9H,4H2,1-3H3/b9-8+. The fraction of sp³-hybridized carbons (Fsp3) is 0.286. The Hall–Kier alpha value is -2.50. The lowest BCUT2D eigenvalue weighted by atomic mass is 10.3. The van der Waals surface area contributed by atoms with Gasteiger partial charge in [0.25, 0.3) is 0 Å². The summed E-state index contributed by atoms with van der Waals surface area (Å²) in [4.78, 5) is 22.7. The first-order chi connectivity index (χ1) is 9.62. The molecule has 0 aliphatic carbocycles. The molecule has 20 heavy (non-hydrogen) atoms. The van der Waals surface area contributed by atoms with E-state index in [1.165, 1.54) is 14.2 Å². The van der Waals surface area contributed by atoms with Crippen molar-refractivity contribution >= 4 is 11.9 Å². The molecule has 1 rings (SSSR count). The summed E-state index contributed by atoms with van der Waals surface area (Å²) in [6.07, 6.45) is 1.97. The summed E-state index contributed by atoms with van der Waals surface area (Å²) in [7, 11) is 2.89. The average molecular weight is 280 g/mol. The first-order valence-corrected chi connectivity index (χ1v) is 5.90. The van der Waals surface area contributed by atoms with Crippen molar-refractivity contribution in [1.29, 1.82) is 0 Å². The molecule has 0 aliphatic rings. The van der Waals surface area contributed by atoms with Crippen LogP contribution in [0.15, 0.2) is 30.4 Å². The Bertz CT molecular complexity index is 484. The van der Waals surface area contributed by atoms with E-state index in [9.17, 15) is 9.59 Å². The van der Waals surface area contributed by atoms with Crippen LogP contribution in [0.2, 0.25) is 0 Å². The minimum Gasteiger partial charge on any atom is -0.493 e. The number of carbonyl (C=O) groups is 2. The van der Waals surface area contributed by atoms with Crippen molar-refractivity contribution in [3.05, 3.63) is 30.4 Å². The molecule has 0 saturated carbocycles. The second-order valence-electron chi connectivity index (χ2n) is 3.50. The van der Waals surface area contributed by atoms with Gasteiger partial charge in [-0.3, -0.25) is 0 Å². The first kappa shape index (κ1) is 15.6. The fourth-order valence-electron chi connectivity index (χ4n) is 1.38. The number of hydrogen-bond acceptors (Lipinski definition) is 6. The molecule has 0 N–H and O–H groups in total. The molecule has 0 fully saturated rings. The highest BCUT2D eigenvalue weighted by molar-refractivity contribution is 5.93. The Morgan fingerprint density at radius 2 is 1.60 bits per heavy atom. The van der Waals surface area contributed by atoms with Gasteiger partial charge in [-0.05, 0) is 19.1 Å². The molecule has 0 saturated heterocycles. The van der Waals surface area contributed by atoms with Crippen LogP contribution in [0, 0.1) is 0 Å². The van der Waals surface area contributed by atoms with Gasteiger partial charge in [0, 0.05) is 12.2 Å². The zero-order valence-electron chi connectivity index (χ0n) is 11.5. The summed E-state index contributed by atoms with van der Waals surface area (Å²) >= 11 is 0. The second kappa shape index (κ2) is 7.83. The van der Waals surface area contributed by atoms with E-state index < -0.39 is 11.9 Å². The third-order valence-corrected chi connectivity index (χ3v) is 2.23. The minimum absolute atomic E-state index is 0.149. The number of esters is 2. The van der Waals surface area contributed by atoms with Gasteiger partial charge in [-0.15, -0.1) is 0 Å². The molecule has 1 aromatic carbocycles. The largest absolute Gasteiger partial charge is 0.493 e. The topological polar surface area (TPSA) is 71.1 Å². The highest BCUT2D eigenvalue weighted by atomic mass is 16.6. The van der Waals surface area contributed by atoms with Gasteiger partial charge in [0.05, 0.1) is 20.8 Å². The van der Waals surface area contributed by atoms with Crippen molar-refractivity contribution < 1.29 is 28.5 Å². The number of para-hydroxylation sites is 1. The van der Waals surface area contributed by atoms with E-state index in [0.29, 0.717) is 11.5 Å². The zero-order valence-corrected chi connectivity index (χ0v) is 11.5. The van der Waals surface area contributed by atoms with E-state index in [1.807, 2.05) is 0 Å². The Kier molecular flexibility index (Phi) is 6.09. The molecule has 1 aromatic rings. The first-order valence-electron chi connectivity index (χ1n) is 5.90. The molecule has 0 aromatic heterocycles. The van der Waals surface area contributed by atoms with Crippen LogP contribution < -0.4 is 14.2 Å². The number of benzene rings is 1. The summed E-state index contributed by atoms with van der Waals surface area (Å²) in [5.74, 6) is -0.502. The highest BCUT2D eigenvalue weighted by Gasteiger charge is 2.14. The average Bonchev–Trinajstić information content (AvgIpc) is 2.45. The van der Waals surface area contributed by atoms with Gasteiger partial charge in [0.15, 0.2) is 11.5 Å². The van der Waals surface area contributed by atoms with Crippen molar-refractivity contribution in [2.75, 3.05) is 20.8 Å². The van der Waals surface area contributed by atoms with Crippen molar-refractivity contribution in [2.45, 2.75) is 6.92 Å². The van der Waals surface area contributed by atoms with Crippen molar-refractivity contribution in [3.8, 4) is 17.2 Å². The molecule has 0 atom stereocenters. The number of hydrogen-bond donors (Lipinski definition) is 0. The van der Waals surface area contributed by atoms with Crippen LogP contribution in [-0.4, -0.2) is 32.8 Å². The molecule has 0 aliphatic heterocycles. The maximum Gasteiger partial charge on any atom is 0.336 e. The van der Waals surface area contributed by atoms with Gasteiger partial charge in [-0.25, -0.2) is 9.59 Å². The van der Waals surface area contributed by atoms with Crippen LogP contribution >= 0.6 is 0 Å². The van der Waals surface area contributed by atoms with Crippen molar-refractivity contribution in [3.63, 3.8) is 0 Å². The number of ether oxygens (including phenoxy) is 4. The lowest BCUT2D eigenvalue weighted by Crippen LogP contribution is -2.08. The summed E-state index contributed by atoms with van der Waals surface area (Å²) in [5, 5.41) is 0. The molecular formula is C14H16O6. The number of carbonyl (C=O) groups excluding carboxylic acids is 2. The predicted octanol–water partition coefficient (Wildman–Crippen LogP) is 1.73. The Morgan fingerprint density at radius 1 is 1.05 bits per heavy atom. The van der Waals surface area contributed by atoms with Crippen LogP contribution in [0.25, 0.3) is 0 Å². The summed E-state index contributed by atoms with van der Waals surface area (Å²) in [6.45, 7) is 1.91. The SMILES string of the molecule is CCOC(=O)/C=C/C(=O)Oc1c(OC)cccc1OC. The van der Waals surface area contributed by atoms with Crippen LogP contribution in [0.1, 0.15) is 6.92 Å². The summed E-state index contributed by atoms with van der Waals surface area (Å²) < 4.78 is 19.9. The molecule has 108 valence electrons. The quantitative estimate of drug-likeness (QED) is 0.449. The highest BCUT2D eigenvalue weighted by Crippen LogP contribution is 2.36. The van der Waals surface area contributed by atoms with Crippen LogP contribution in [0.4, 0.5) is 0 Å². The summed E-state index contributed by atoms with van der Waals surface area (Å²) in [6, 6.07) is 4.95. The molecule has 0 heterocycles. The predicted molar refractivity (Wildman–Crippen MR) is 71.0 cm³/mol. The Balaban J connectivity index is 2.82. The molecule has 0 bridgehead atoms. The minimum atomic E-state index is -0.735. The normalized spacial score (nSPS) is 10.2. The monoisotopic (exact) mass is 280 g/mol. The Labute approximate surface area is 116 Å². The van der Waals surface area contributed by atoms with Gasteiger partial charge in [0.1, 0.15) is 0 Å². The maximum atomic E-state index is 11.6. The zero-order chi connectivity index (χ0) is 15.0. The molecule has 6 heteroatoms. The summed E-state index contributed by atoms with van der Waals surface area (Å²) in [5.41, 5.74) is 0. The lowest BCUT2D eigenvalue weighted by molar-refractivity contribution is -0.138. The molecule has 6 nitrogen and oxygen atoms in total. The number of methoxy groups -OCH3 is 2. The second-order valence-corrected chi connectivity index (χ2v) is 3.50. The van der Waals surface area contributed by atoms with E-state index in [0.717, 1.165) is 12.2 Å². The van der Waals surface area contributed by atoms with Crippen LogP contribution in [-0.2, 0) is 14.3 Å². The molecule has 0 spiro atoms. The third kappa shape index (κ3) is 4.31. The van der Waals surface area contributed by atoms with Gasteiger partial charge >= 0.3 is 11.9 Å². The van der Waals surface area contributed by atoms with E-state index >= 15 is 0 Å². The number of rotatable bonds is 6. The molecule has 0 unspecified atom stereocenters. The van der Waals surface area contributed by atoms with Gasteiger partial charge in [-0.1, -0.05) is 6.07 Å². The van der Waals surface area contributed by atoms with Crippen LogP contribution in [0.5, 0.6) is 17.2 Å². The fourth-order valence-corrected chi connectivity index (χ4v) is 1.38. The smallest absolute Gasteiger partial charge is 0.336 e. The maximum absolute atomic E-state index is 11.6.